The maximum Gasteiger partial charge on any atom is 0.387 e. The van der Waals surface area contributed by atoms with Crippen molar-refractivity contribution in [1.29, 1.82) is 0 Å². The van der Waals surface area contributed by atoms with Crippen molar-refractivity contribution < 1.29 is 18.3 Å². The molecule has 2 rings (SSSR count). The lowest BCUT2D eigenvalue weighted by Crippen LogP contribution is -2.39. The zero-order valence-corrected chi connectivity index (χ0v) is 19.2. The topological polar surface area (TPSA) is 85.6 Å². The number of nitrogens with zero attached hydrogens (tertiary/aromatic N) is 4. The van der Waals surface area contributed by atoms with Gasteiger partial charge in [-0.3, -0.25) is 0 Å². The first-order valence-corrected chi connectivity index (χ1v) is 8.81. The van der Waals surface area contributed by atoms with Crippen LogP contribution in [0, 0.1) is 13.8 Å². The standard InChI is InChI=1S/C18H26F2N6O2.HI/c1-12-5-6-15(28-17(19)20)14(9-12)10-22-18(21-7-8-27-4)23-11-16-25-24-13(2)26(16)3;/h5-6,9,17H,7-8,10-11H2,1-4H3,(H2,21,22,23);1H. The van der Waals surface area contributed by atoms with Gasteiger partial charge in [0.25, 0.3) is 0 Å². The van der Waals surface area contributed by atoms with Crippen molar-refractivity contribution in [3.8, 4) is 5.75 Å². The molecular formula is C18H27F2IN6O2. The minimum absolute atomic E-state index is 0. The normalized spacial score (nSPS) is 11.3. The molecular weight excluding hydrogens is 497 g/mol. The Balaban J connectivity index is 0.00000420. The van der Waals surface area contributed by atoms with Crippen LogP contribution in [-0.4, -0.2) is 47.6 Å². The molecule has 0 bridgehead atoms. The van der Waals surface area contributed by atoms with Gasteiger partial charge in [-0.1, -0.05) is 17.7 Å². The van der Waals surface area contributed by atoms with Crippen LogP contribution >= 0.6 is 24.0 Å². The maximum atomic E-state index is 12.6. The van der Waals surface area contributed by atoms with E-state index in [4.69, 9.17) is 4.74 Å². The third kappa shape index (κ3) is 8.09. The molecule has 29 heavy (non-hydrogen) atoms. The van der Waals surface area contributed by atoms with Gasteiger partial charge in [-0.2, -0.15) is 8.78 Å². The number of halogens is 3. The van der Waals surface area contributed by atoms with Gasteiger partial charge in [0.15, 0.2) is 11.8 Å². The predicted octanol–water partition coefficient (Wildman–Crippen LogP) is 2.53. The lowest BCUT2D eigenvalue weighted by molar-refractivity contribution is -0.0504. The highest BCUT2D eigenvalue weighted by Gasteiger charge is 2.11. The second-order valence-corrected chi connectivity index (χ2v) is 6.15. The molecule has 0 amide bonds. The van der Waals surface area contributed by atoms with Gasteiger partial charge >= 0.3 is 6.61 Å². The molecule has 11 heteroatoms. The summed E-state index contributed by atoms with van der Waals surface area (Å²) in [5.41, 5.74) is 1.51. The molecule has 0 aliphatic rings. The quantitative estimate of drug-likeness (QED) is 0.227. The van der Waals surface area contributed by atoms with Gasteiger partial charge in [0, 0.05) is 26.3 Å². The Morgan fingerprint density at radius 3 is 2.62 bits per heavy atom. The molecule has 0 aliphatic heterocycles. The summed E-state index contributed by atoms with van der Waals surface area (Å²) >= 11 is 0. The fourth-order valence-corrected chi connectivity index (χ4v) is 2.42. The predicted molar refractivity (Wildman–Crippen MR) is 117 cm³/mol. The van der Waals surface area contributed by atoms with Crippen molar-refractivity contribution in [3.05, 3.63) is 41.0 Å². The van der Waals surface area contributed by atoms with Crippen molar-refractivity contribution in [1.82, 2.24) is 25.4 Å². The smallest absolute Gasteiger partial charge is 0.387 e. The van der Waals surface area contributed by atoms with E-state index in [0.29, 0.717) is 31.2 Å². The number of hydrogen-bond acceptors (Lipinski definition) is 5. The molecule has 1 aromatic heterocycles. The van der Waals surface area contributed by atoms with Crippen molar-refractivity contribution in [2.45, 2.75) is 33.5 Å². The molecule has 162 valence electrons. The zero-order valence-electron chi connectivity index (χ0n) is 16.9. The van der Waals surface area contributed by atoms with Crippen molar-refractivity contribution >= 4 is 29.9 Å². The van der Waals surface area contributed by atoms with E-state index in [-0.39, 0.29) is 36.3 Å². The largest absolute Gasteiger partial charge is 0.434 e. The summed E-state index contributed by atoms with van der Waals surface area (Å²) in [5, 5.41) is 14.4. The first-order valence-electron chi connectivity index (χ1n) is 8.81. The molecule has 0 fully saturated rings. The number of alkyl halides is 2. The van der Waals surface area contributed by atoms with Crippen molar-refractivity contribution in [2.24, 2.45) is 12.0 Å². The van der Waals surface area contributed by atoms with Gasteiger partial charge in [-0.25, -0.2) is 4.99 Å². The zero-order chi connectivity index (χ0) is 20.5. The van der Waals surface area contributed by atoms with Crippen LogP contribution in [0.2, 0.25) is 0 Å². The maximum absolute atomic E-state index is 12.6. The van der Waals surface area contributed by atoms with Gasteiger partial charge in [0.1, 0.15) is 11.6 Å². The molecule has 8 nitrogen and oxygen atoms in total. The third-order valence-corrected chi connectivity index (χ3v) is 4.03. The Hall–Kier alpha value is -2.02. The van der Waals surface area contributed by atoms with E-state index >= 15 is 0 Å². The first-order chi connectivity index (χ1) is 13.4. The van der Waals surface area contributed by atoms with Gasteiger partial charge in [-0.05, 0) is 19.9 Å². The Labute approximate surface area is 186 Å². The van der Waals surface area contributed by atoms with Crippen LogP contribution < -0.4 is 15.4 Å². The molecule has 0 saturated carbocycles. The first kappa shape index (κ1) is 25.0. The molecule has 2 aromatic rings. The number of benzene rings is 1. The summed E-state index contributed by atoms with van der Waals surface area (Å²) in [6, 6.07) is 5.03. The fraction of sp³-hybridized carbons (Fsp3) is 0.500. The van der Waals surface area contributed by atoms with Gasteiger partial charge < -0.3 is 24.7 Å². The van der Waals surface area contributed by atoms with Crippen molar-refractivity contribution in [2.75, 3.05) is 20.3 Å². The second-order valence-electron chi connectivity index (χ2n) is 6.15. The van der Waals surface area contributed by atoms with E-state index in [1.54, 1.807) is 19.2 Å². The molecule has 0 aliphatic carbocycles. The van der Waals surface area contributed by atoms with Crippen LogP contribution in [0.3, 0.4) is 0 Å². The van der Waals surface area contributed by atoms with Crippen LogP contribution in [0.5, 0.6) is 5.75 Å². The van der Waals surface area contributed by atoms with Crippen LogP contribution in [0.1, 0.15) is 22.8 Å². The van der Waals surface area contributed by atoms with Crippen LogP contribution in [0.15, 0.2) is 23.2 Å². The van der Waals surface area contributed by atoms with E-state index in [0.717, 1.165) is 17.2 Å². The Bertz CT molecular complexity index is 801. The number of aliphatic imine (C=N–C) groups is 1. The highest BCUT2D eigenvalue weighted by molar-refractivity contribution is 14.0. The van der Waals surface area contributed by atoms with E-state index in [1.165, 1.54) is 6.07 Å². The van der Waals surface area contributed by atoms with Crippen molar-refractivity contribution in [3.63, 3.8) is 0 Å². The van der Waals surface area contributed by atoms with E-state index in [2.05, 4.69) is 30.6 Å². The summed E-state index contributed by atoms with van der Waals surface area (Å²) in [6.07, 6.45) is 0. The molecule has 0 atom stereocenters. The van der Waals surface area contributed by atoms with Gasteiger partial charge in [-0.15, -0.1) is 34.2 Å². The van der Waals surface area contributed by atoms with Crippen LogP contribution in [0.4, 0.5) is 8.78 Å². The van der Waals surface area contributed by atoms with Crippen LogP contribution in [-0.2, 0) is 24.9 Å². The average Bonchev–Trinajstić information content (AvgIpc) is 2.97. The fourth-order valence-electron chi connectivity index (χ4n) is 2.42. The number of nitrogens with one attached hydrogen (secondary N) is 2. The van der Waals surface area contributed by atoms with Gasteiger partial charge in [0.05, 0.1) is 19.7 Å². The van der Waals surface area contributed by atoms with Gasteiger partial charge in [0.2, 0.25) is 0 Å². The average molecular weight is 524 g/mol. The molecule has 0 unspecified atom stereocenters. The SMILES string of the molecule is COCCNC(=NCc1cc(C)ccc1OC(F)F)NCc1nnc(C)n1C.I. The second kappa shape index (κ2) is 12.5. The lowest BCUT2D eigenvalue weighted by atomic mass is 10.1. The molecule has 1 aromatic carbocycles. The minimum atomic E-state index is -2.89. The summed E-state index contributed by atoms with van der Waals surface area (Å²) < 4.78 is 36.8. The van der Waals surface area contributed by atoms with E-state index in [9.17, 15) is 8.78 Å². The van der Waals surface area contributed by atoms with E-state index in [1.807, 2.05) is 25.5 Å². The number of hydrogen-bond donors (Lipinski definition) is 2. The highest BCUT2D eigenvalue weighted by Crippen LogP contribution is 2.22. The number of guanidine groups is 1. The number of rotatable bonds is 9. The molecule has 1 heterocycles. The summed E-state index contributed by atoms with van der Waals surface area (Å²) in [5.74, 6) is 2.17. The highest BCUT2D eigenvalue weighted by atomic mass is 127. The number of aromatic nitrogens is 3. The Morgan fingerprint density at radius 2 is 2.00 bits per heavy atom. The number of aryl methyl sites for hydroxylation is 2. The molecule has 0 spiro atoms. The number of methoxy groups -OCH3 is 1. The molecule has 0 radical (unpaired) electrons. The molecule has 2 N–H and O–H groups in total. The lowest BCUT2D eigenvalue weighted by Gasteiger charge is -2.14. The molecule has 0 saturated heterocycles. The summed E-state index contributed by atoms with van der Waals surface area (Å²) in [4.78, 5) is 4.48. The summed E-state index contributed by atoms with van der Waals surface area (Å²) in [6.45, 7) is 2.47. The van der Waals surface area contributed by atoms with E-state index < -0.39 is 6.61 Å². The van der Waals surface area contributed by atoms with Crippen LogP contribution in [0.25, 0.3) is 0 Å². The Morgan fingerprint density at radius 1 is 1.24 bits per heavy atom. The Kier molecular flexibility index (Phi) is 10.8. The monoisotopic (exact) mass is 524 g/mol. The third-order valence-electron chi connectivity index (χ3n) is 4.03. The minimum Gasteiger partial charge on any atom is -0.434 e. The summed E-state index contributed by atoms with van der Waals surface area (Å²) in [7, 11) is 3.48. The number of ether oxygens (including phenoxy) is 2.